The van der Waals surface area contributed by atoms with Gasteiger partial charge in [-0.2, -0.15) is 0 Å². The maximum Gasteiger partial charge on any atom is 0.167 e. The maximum absolute atomic E-state index is 10.6. The van der Waals surface area contributed by atoms with Gasteiger partial charge in [-0.3, -0.25) is 4.57 Å². The highest BCUT2D eigenvalue weighted by Crippen LogP contribution is 2.40. The summed E-state index contributed by atoms with van der Waals surface area (Å²) in [5.41, 5.74) is 2.46. The molecule has 2 aromatic rings. The molecular formula is C20H32N5O3P. The van der Waals surface area contributed by atoms with E-state index in [1.165, 1.54) is 11.9 Å². The summed E-state index contributed by atoms with van der Waals surface area (Å²) >= 11 is 0. The van der Waals surface area contributed by atoms with Crippen molar-refractivity contribution in [1.29, 1.82) is 0 Å². The van der Waals surface area contributed by atoms with Gasteiger partial charge in [0.15, 0.2) is 23.2 Å². The van der Waals surface area contributed by atoms with Crippen LogP contribution in [0.2, 0.25) is 0 Å². The number of allylic oxidation sites excluding steroid dienone is 1. The second-order valence-corrected chi connectivity index (χ2v) is 12.6. The standard InChI is InChI=1S/C20H32N5O3P/c1-6-13(2)7-9-21-18-15-19(23-11-22-18)25(12-24-15)20-17(27)16(26)14(28-20)8-10-29(3,4)5/h7,11-12,14,16-17,20,26-27H,3,6,8-10H2,1-2,4-5H3,(H,21,22,23)/b13-7-/t14-,16-,17-,20?/m1/s1. The van der Waals surface area contributed by atoms with E-state index in [9.17, 15) is 10.2 Å². The number of aliphatic hydroxyl groups excluding tert-OH is 2. The van der Waals surface area contributed by atoms with Gasteiger partial charge in [0, 0.05) is 6.54 Å². The summed E-state index contributed by atoms with van der Waals surface area (Å²) in [4.78, 5) is 13.1. The Bertz CT molecular complexity index is 922. The van der Waals surface area contributed by atoms with Crippen LogP contribution in [-0.2, 0) is 4.74 Å². The quantitative estimate of drug-likeness (QED) is 0.444. The number of nitrogens with zero attached hydrogens (tertiary/aromatic N) is 4. The Morgan fingerprint density at radius 1 is 1.31 bits per heavy atom. The van der Waals surface area contributed by atoms with Gasteiger partial charge in [0.05, 0.1) is 12.4 Å². The predicted octanol–water partition coefficient (Wildman–Crippen LogP) is 2.31. The molecule has 3 heterocycles. The van der Waals surface area contributed by atoms with Crippen molar-refractivity contribution in [3.05, 3.63) is 24.3 Å². The largest absolute Gasteiger partial charge is 0.388 e. The highest BCUT2D eigenvalue weighted by atomic mass is 31.2. The van der Waals surface area contributed by atoms with Crippen molar-refractivity contribution < 1.29 is 14.9 Å². The fourth-order valence-corrected chi connectivity index (χ4v) is 4.26. The van der Waals surface area contributed by atoms with Gasteiger partial charge in [0.1, 0.15) is 18.5 Å². The molecule has 0 bridgehead atoms. The lowest BCUT2D eigenvalue weighted by Gasteiger charge is -2.18. The monoisotopic (exact) mass is 421 g/mol. The average molecular weight is 421 g/mol. The Labute approximate surface area is 172 Å². The average Bonchev–Trinajstić information content (AvgIpc) is 3.22. The van der Waals surface area contributed by atoms with E-state index >= 15 is 0 Å². The number of anilines is 1. The summed E-state index contributed by atoms with van der Waals surface area (Å²) in [6.45, 7) is 7.91. The van der Waals surface area contributed by atoms with Crippen LogP contribution in [0.3, 0.4) is 0 Å². The van der Waals surface area contributed by atoms with E-state index in [4.69, 9.17) is 4.74 Å². The van der Waals surface area contributed by atoms with E-state index in [1.807, 2.05) is 0 Å². The molecule has 1 aliphatic rings. The molecular weight excluding hydrogens is 389 g/mol. The van der Waals surface area contributed by atoms with E-state index in [2.05, 4.69) is 59.8 Å². The van der Waals surface area contributed by atoms with Crippen molar-refractivity contribution in [2.45, 2.75) is 51.2 Å². The van der Waals surface area contributed by atoms with Crippen molar-refractivity contribution in [3.63, 3.8) is 0 Å². The zero-order chi connectivity index (χ0) is 21.2. The van der Waals surface area contributed by atoms with Crippen LogP contribution in [0.25, 0.3) is 11.2 Å². The number of aromatic nitrogens is 4. The van der Waals surface area contributed by atoms with Gasteiger partial charge in [-0.25, -0.2) is 15.0 Å². The molecule has 0 saturated carbocycles. The Kier molecular flexibility index (Phi) is 6.79. The van der Waals surface area contributed by atoms with Crippen molar-refractivity contribution in [2.75, 3.05) is 31.4 Å². The molecule has 29 heavy (non-hydrogen) atoms. The molecule has 8 nitrogen and oxygen atoms in total. The highest BCUT2D eigenvalue weighted by Gasteiger charge is 2.44. The summed E-state index contributed by atoms with van der Waals surface area (Å²) < 4.78 is 7.70. The van der Waals surface area contributed by atoms with Crippen LogP contribution in [0, 0.1) is 0 Å². The number of imidazole rings is 1. The number of rotatable bonds is 8. The molecule has 1 fully saturated rings. The Balaban J connectivity index is 1.80. The number of fused-ring (bicyclic) bond motifs is 1. The Hall–Kier alpha value is -1.73. The summed E-state index contributed by atoms with van der Waals surface area (Å²) in [7, 11) is 0. The summed E-state index contributed by atoms with van der Waals surface area (Å²) in [6.07, 6.45) is 8.74. The van der Waals surface area contributed by atoms with Crippen molar-refractivity contribution >= 4 is 30.2 Å². The molecule has 9 heteroatoms. The second kappa shape index (κ2) is 8.96. The first-order valence-corrected chi connectivity index (χ1v) is 13.0. The van der Waals surface area contributed by atoms with Crippen LogP contribution < -0.4 is 5.32 Å². The molecule has 0 amide bonds. The van der Waals surface area contributed by atoms with E-state index in [0.717, 1.165) is 12.6 Å². The summed E-state index contributed by atoms with van der Waals surface area (Å²) in [5, 5.41) is 24.3. The number of hydrogen-bond acceptors (Lipinski definition) is 7. The second-order valence-electron chi connectivity index (χ2n) is 8.33. The van der Waals surface area contributed by atoms with Gasteiger partial charge in [-0.05, 0) is 39.3 Å². The molecule has 1 unspecified atom stereocenters. The minimum absolute atomic E-state index is 0.435. The van der Waals surface area contributed by atoms with Gasteiger partial charge in [-0.1, -0.05) is 18.6 Å². The lowest BCUT2D eigenvalue weighted by molar-refractivity contribution is -0.0353. The fourth-order valence-electron chi connectivity index (χ4n) is 3.31. The zero-order valence-corrected chi connectivity index (χ0v) is 18.5. The first-order valence-electron chi connectivity index (χ1n) is 9.97. The minimum atomic E-state index is -1.24. The van der Waals surface area contributed by atoms with Crippen LogP contribution >= 0.6 is 6.89 Å². The smallest absolute Gasteiger partial charge is 0.167 e. The molecule has 3 rings (SSSR count). The van der Waals surface area contributed by atoms with E-state index < -0.39 is 31.4 Å². The van der Waals surface area contributed by atoms with Crippen LogP contribution in [0.4, 0.5) is 5.82 Å². The third kappa shape index (κ3) is 5.07. The first-order chi connectivity index (χ1) is 13.7. The van der Waals surface area contributed by atoms with Gasteiger partial charge >= 0.3 is 0 Å². The topological polar surface area (TPSA) is 105 Å². The maximum atomic E-state index is 10.6. The highest BCUT2D eigenvalue weighted by molar-refractivity contribution is 7.72. The number of ether oxygens (including phenoxy) is 1. The molecule has 160 valence electrons. The van der Waals surface area contributed by atoms with Crippen molar-refractivity contribution in [2.24, 2.45) is 0 Å². The predicted molar refractivity (Wildman–Crippen MR) is 119 cm³/mol. The molecule has 2 aromatic heterocycles. The normalized spacial score (nSPS) is 25.7. The van der Waals surface area contributed by atoms with Gasteiger partial charge in [-0.15, -0.1) is 13.2 Å². The number of hydrogen-bond donors (Lipinski definition) is 3. The van der Waals surface area contributed by atoms with Gasteiger partial charge in [0.2, 0.25) is 0 Å². The molecule has 1 aliphatic heterocycles. The van der Waals surface area contributed by atoms with Crippen LogP contribution in [0.15, 0.2) is 24.3 Å². The van der Waals surface area contributed by atoms with E-state index in [0.29, 0.717) is 29.9 Å². The number of aliphatic hydroxyl groups is 2. The van der Waals surface area contributed by atoms with Gasteiger partial charge in [0.25, 0.3) is 0 Å². The fraction of sp³-hybridized carbons (Fsp3) is 0.600. The van der Waals surface area contributed by atoms with Gasteiger partial charge < -0.3 is 20.3 Å². The Morgan fingerprint density at radius 3 is 2.76 bits per heavy atom. The first kappa shape index (κ1) is 22.0. The molecule has 0 aliphatic carbocycles. The SMILES string of the molecule is C=P(C)(C)CC[C@H]1OC(n2cnc3c(NC/C=C(/C)CC)ncnc32)[C@H](O)[C@@H]1O. The van der Waals surface area contributed by atoms with Crippen LogP contribution in [0.5, 0.6) is 0 Å². The lowest BCUT2D eigenvalue weighted by atomic mass is 10.1. The molecule has 0 radical (unpaired) electrons. The molecule has 3 N–H and O–H groups in total. The van der Waals surface area contributed by atoms with E-state index in [1.54, 1.807) is 10.9 Å². The molecule has 4 atom stereocenters. The summed E-state index contributed by atoms with van der Waals surface area (Å²) in [6, 6.07) is 0. The molecule has 0 aromatic carbocycles. The lowest BCUT2D eigenvalue weighted by Crippen LogP contribution is -2.31. The van der Waals surface area contributed by atoms with Crippen molar-refractivity contribution in [1.82, 2.24) is 19.5 Å². The third-order valence-electron chi connectivity index (χ3n) is 5.27. The van der Waals surface area contributed by atoms with Crippen molar-refractivity contribution in [3.8, 4) is 0 Å². The molecule has 1 saturated heterocycles. The minimum Gasteiger partial charge on any atom is -0.388 e. The third-order valence-corrected chi connectivity index (χ3v) is 6.74. The summed E-state index contributed by atoms with van der Waals surface area (Å²) in [5.74, 6) is 0.627. The number of nitrogens with one attached hydrogen (secondary N) is 1. The molecule has 0 spiro atoms. The zero-order valence-electron chi connectivity index (χ0n) is 17.6. The van der Waals surface area contributed by atoms with E-state index in [-0.39, 0.29) is 0 Å². The Morgan fingerprint density at radius 2 is 2.07 bits per heavy atom. The van der Waals surface area contributed by atoms with Crippen LogP contribution in [-0.4, -0.2) is 80.4 Å². The van der Waals surface area contributed by atoms with Crippen LogP contribution in [0.1, 0.15) is 32.9 Å².